The van der Waals surface area contributed by atoms with E-state index in [0.29, 0.717) is 12.1 Å². The molecule has 0 fully saturated rings. The molecule has 0 amide bonds. The van der Waals surface area contributed by atoms with Crippen LogP contribution in [-0.4, -0.2) is 17.4 Å². The van der Waals surface area contributed by atoms with Gasteiger partial charge in [0.05, 0.1) is 23.5 Å². The van der Waals surface area contributed by atoms with Crippen molar-refractivity contribution in [2.24, 2.45) is 10.1 Å². The molecule has 2 aromatic carbocycles. The van der Waals surface area contributed by atoms with Crippen molar-refractivity contribution in [2.75, 3.05) is 6.54 Å². The molecule has 3 rings (SSSR count). The van der Waals surface area contributed by atoms with Gasteiger partial charge in [-0.2, -0.15) is 10.4 Å². The molecule has 1 heterocycles. The molecule has 0 atom stereocenters. The first-order valence-corrected chi connectivity index (χ1v) is 8.50. The van der Waals surface area contributed by atoms with Crippen LogP contribution in [0, 0.1) is 11.3 Å². The Labute approximate surface area is 144 Å². The average molecular weight is 332 g/mol. The molecule has 0 radical (unpaired) electrons. The van der Waals surface area contributed by atoms with Crippen molar-refractivity contribution >= 4 is 17.6 Å². The van der Waals surface area contributed by atoms with E-state index in [0.717, 1.165) is 21.6 Å². The lowest BCUT2D eigenvalue weighted by Gasteiger charge is -2.03. The minimum absolute atomic E-state index is 0.641. The number of benzene rings is 2. The van der Waals surface area contributed by atoms with Gasteiger partial charge in [-0.3, -0.25) is 4.99 Å². The van der Waals surface area contributed by atoms with Crippen LogP contribution in [0.3, 0.4) is 0 Å². The van der Waals surface area contributed by atoms with Crippen molar-refractivity contribution in [3.63, 3.8) is 0 Å². The van der Waals surface area contributed by atoms with Gasteiger partial charge >= 0.3 is 0 Å². The second-order valence-corrected chi connectivity index (χ2v) is 5.87. The highest BCUT2D eigenvalue weighted by molar-refractivity contribution is 7.07. The highest BCUT2D eigenvalue weighted by atomic mass is 32.1. The quantitative estimate of drug-likeness (QED) is 0.669. The molecule has 24 heavy (non-hydrogen) atoms. The molecule has 5 heteroatoms. The molecule has 0 aliphatic rings. The van der Waals surface area contributed by atoms with Gasteiger partial charge < -0.3 is 0 Å². The molecule has 118 valence electrons. The number of nitrogens with zero attached hydrogens (tertiary/aromatic N) is 4. The predicted molar refractivity (Wildman–Crippen MR) is 98.0 cm³/mol. The van der Waals surface area contributed by atoms with Crippen molar-refractivity contribution in [3.05, 3.63) is 75.9 Å². The SMILES string of the molecule is CCN=c1scc(-c2ccccc2)n1N=Cc1ccc(C#N)cc1. The van der Waals surface area contributed by atoms with E-state index in [1.165, 1.54) is 0 Å². The molecule has 3 aromatic rings. The standard InChI is InChI=1S/C19H16N4S/c1-2-21-19-23(18(14-24-19)17-6-4-3-5-7-17)22-13-16-10-8-15(12-20)9-11-16/h3-11,13-14H,2H2,1H3. The third-order valence-corrected chi connectivity index (χ3v) is 4.26. The van der Waals surface area contributed by atoms with Gasteiger partial charge in [0.25, 0.3) is 0 Å². The first-order valence-electron chi connectivity index (χ1n) is 7.63. The second kappa shape index (κ2) is 7.53. The van der Waals surface area contributed by atoms with E-state index < -0.39 is 0 Å². The summed E-state index contributed by atoms with van der Waals surface area (Å²) in [5.74, 6) is 0. The molecule has 0 unspecified atom stereocenters. The maximum atomic E-state index is 8.87. The Morgan fingerprint density at radius 3 is 2.54 bits per heavy atom. The molecule has 0 saturated carbocycles. The molecule has 0 aliphatic heterocycles. The molecular weight excluding hydrogens is 316 g/mol. The van der Waals surface area contributed by atoms with Crippen molar-refractivity contribution in [1.82, 2.24) is 4.68 Å². The number of aromatic nitrogens is 1. The lowest BCUT2D eigenvalue weighted by Crippen LogP contribution is -2.12. The van der Waals surface area contributed by atoms with Crippen LogP contribution in [0.5, 0.6) is 0 Å². The Bertz CT molecular complexity index is 942. The Hall–Kier alpha value is -2.97. The van der Waals surface area contributed by atoms with Crippen molar-refractivity contribution in [1.29, 1.82) is 5.26 Å². The zero-order valence-corrected chi connectivity index (χ0v) is 14.1. The van der Waals surface area contributed by atoms with Crippen molar-refractivity contribution < 1.29 is 0 Å². The Morgan fingerprint density at radius 1 is 1.12 bits per heavy atom. The molecule has 0 saturated heterocycles. The number of nitriles is 1. The summed E-state index contributed by atoms with van der Waals surface area (Å²) in [5.41, 5.74) is 3.69. The first-order chi connectivity index (χ1) is 11.8. The van der Waals surface area contributed by atoms with Crippen LogP contribution in [-0.2, 0) is 0 Å². The fraction of sp³-hybridized carbons (Fsp3) is 0.105. The normalized spacial score (nSPS) is 11.8. The summed E-state index contributed by atoms with van der Waals surface area (Å²) in [6.07, 6.45) is 1.79. The zero-order valence-electron chi connectivity index (χ0n) is 13.3. The summed E-state index contributed by atoms with van der Waals surface area (Å²) in [6.45, 7) is 2.72. The van der Waals surface area contributed by atoms with E-state index in [-0.39, 0.29) is 0 Å². The van der Waals surface area contributed by atoms with Crippen LogP contribution in [0.1, 0.15) is 18.1 Å². The van der Waals surface area contributed by atoms with E-state index >= 15 is 0 Å². The maximum Gasteiger partial charge on any atom is 0.206 e. The van der Waals surface area contributed by atoms with Gasteiger partial charge in [0.1, 0.15) is 0 Å². The smallest absolute Gasteiger partial charge is 0.206 e. The molecule has 0 N–H and O–H groups in total. The van der Waals surface area contributed by atoms with Crippen LogP contribution < -0.4 is 4.80 Å². The number of hydrogen-bond acceptors (Lipinski definition) is 4. The molecule has 0 bridgehead atoms. The highest BCUT2D eigenvalue weighted by Gasteiger charge is 2.06. The number of rotatable bonds is 4. The second-order valence-electron chi connectivity index (χ2n) is 5.03. The van der Waals surface area contributed by atoms with Crippen LogP contribution in [0.25, 0.3) is 11.3 Å². The average Bonchev–Trinajstić information content (AvgIpc) is 3.04. The van der Waals surface area contributed by atoms with Crippen LogP contribution in [0.2, 0.25) is 0 Å². The highest BCUT2D eigenvalue weighted by Crippen LogP contribution is 2.19. The Kier molecular flexibility index (Phi) is 4.99. The lowest BCUT2D eigenvalue weighted by atomic mass is 10.2. The molecular formula is C19H16N4S. The van der Waals surface area contributed by atoms with E-state index in [4.69, 9.17) is 5.26 Å². The molecule has 4 nitrogen and oxygen atoms in total. The zero-order chi connectivity index (χ0) is 16.8. The van der Waals surface area contributed by atoms with Gasteiger partial charge in [0.15, 0.2) is 0 Å². The van der Waals surface area contributed by atoms with Gasteiger partial charge in [-0.05, 0) is 24.6 Å². The lowest BCUT2D eigenvalue weighted by molar-refractivity contribution is 0.833. The van der Waals surface area contributed by atoms with Crippen LogP contribution >= 0.6 is 11.3 Å². The van der Waals surface area contributed by atoms with Crippen LogP contribution in [0.4, 0.5) is 0 Å². The summed E-state index contributed by atoms with van der Waals surface area (Å²) in [7, 11) is 0. The summed E-state index contributed by atoms with van der Waals surface area (Å²) >= 11 is 1.58. The Morgan fingerprint density at radius 2 is 1.88 bits per heavy atom. The number of hydrogen-bond donors (Lipinski definition) is 0. The first kappa shape index (κ1) is 15.9. The van der Waals surface area contributed by atoms with Crippen molar-refractivity contribution in [2.45, 2.75) is 6.92 Å². The Balaban J connectivity index is 2.02. The van der Waals surface area contributed by atoms with Gasteiger partial charge in [-0.25, -0.2) is 4.68 Å². The van der Waals surface area contributed by atoms with Gasteiger partial charge in [0, 0.05) is 17.5 Å². The fourth-order valence-corrected chi connectivity index (χ4v) is 3.13. The maximum absolute atomic E-state index is 8.87. The fourth-order valence-electron chi connectivity index (χ4n) is 2.23. The minimum atomic E-state index is 0.641. The van der Waals surface area contributed by atoms with Gasteiger partial charge in [-0.1, -0.05) is 42.5 Å². The molecule has 1 aromatic heterocycles. The summed E-state index contributed by atoms with van der Waals surface area (Å²) in [5, 5.41) is 15.5. The van der Waals surface area contributed by atoms with E-state index in [9.17, 15) is 0 Å². The van der Waals surface area contributed by atoms with E-state index in [1.807, 2.05) is 41.9 Å². The van der Waals surface area contributed by atoms with Gasteiger partial charge in [0.2, 0.25) is 4.80 Å². The molecule has 0 aliphatic carbocycles. The largest absolute Gasteiger partial charge is 0.258 e. The predicted octanol–water partition coefficient (Wildman–Crippen LogP) is 3.89. The minimum Gasteiger partial charge on any atom is -0.258 e. The monoisotopic (exact) mass is 332 g/mol. The summed E-state index contributed by atoms with van der Waals surface area (Å²) in [6, 6.07) is 19.6. The topological polar surface area (TPSA) is 53.4 Å². The third kappa shape index (κ3) is 3.50. The van der Waals surface area contributed by atoms with E-state index in [1.54, 1.807) is 29.7 Å². The number of thiazole rings is 1. The summed E-state index contributed by atoms with van der Waals surface area (Å²) in [4.78, 5) is 5.38. The van der Waals surface area contributed by atoms with E-state index in [2.05, 4.69) is 33.7 Å². The van der Waals surface area contributed by atoms with Crippen molar-refractivity contribution in [3.8, 4) is 17.3 Å². The third-order valence-electron chi connectivity index (χ3n) is 3.41. The van der Waals surface area contributed by atoms with Gasteiger partial charge in [-0.15, -0.1) is 11.3 Å². The summed E-state index contributed by atoms with van der Waals surface area (Å²) < 4.78 is 1.86. The van der Waals surface area contributed by atoms with Crippen LogP contribution in [0.15, 0.2) is 70.1 Å². The molecule has 0 spiro atoms.